The highest BCUT2D eigenvalue weighted by atomic mass is 35.7. The van der Waals surface area contributed by atoms with Crippen LogP contribution in [0.25, 0.3) is 0 Å². The molecule has 0 fully saturated rings. The van der Waals surface area contributed by atoms with Crippen molar-refractivity contribution in [2.45, 2.75) is 44.8 Å². The fraction of sp³-hybridized carbons (Fsp3) is 0.778. The van der Waals surface area contributed by atoms with E-state index in [0.717, 1.165) is 12.1 Å². The number of unbranched alkanes of at least 4 members (excludes halogenated alkanes) is 2. The quantitative estimate of drug-likeness (QED) is 0.258. The van der Waals surface area contributed by atoms with Gasteiger partial charge in [-0.15, -0.1) is 28.7 Å². The summed E-state index contributed by atoms with van der Waals surface area (Å²) in [5.41, 5.74) is 0. The topological polar surface area (TPSA) is 0 Å². The van der Waals surface area contributed by atoms with E-state index in [9.17, 15) is 0 Å². The summed E-state index contributed by atoms with van der Waals surface area (Å²) in [5, 5.41) is 0. The van der Waals surface area contributed by atoms with E-state index in [-0.39, 0.29) is 0 Å². The molecule has 0 aromatic carbocycles. The average Bonchev–Trinajstić information content (AvgIpc) is 2.02. The molecule has 0 rings (SSSR count). The zero-order chi connectivity index (χ0) is 12.3. The predicted octanol–water partition coefficient (Wildman–Crippen LogP) is 5.60. The molecule has 0 radical (unpaired) electrons. The lowest BCUT2D eigenvalue weighted by Crippen LogP contribution is -2.09. The number of hydrogen-bond donors (Lipinski definition) is 0. The van der Waals surface area contributed by atoms with Crippen LogP contribution in [0.4, 0.5) is 0 Å². The maximum absolute atomic E-state index is 5.67. The summed E-state index contributed by atoms with van der Waals surface area (Å²) in [6.45, 7) is 5.73. The molecular formula is C9H20Cl4Si2. The third kappa shape index (κ3) is 25.5. The van der Waals surface area contributed by atoms with Gasteiger partial charge < -0.3 is 0 Å². The van der Waals surface area contributed by atoms with E-state index in [1.54, 1.807) is 6.08 Å². The Kier molecular flexibility index (Phi) is 14.7. The highest BCUT2D eigenvalue weighted by Gasteiger charge is 2.17. The molecule has 0 aliphatic rings. The highest BCUT2D eigenvalue weighted by molar-refractivity contribution is 7.45. The summed E-state index contributed by atoms with van der Waals surface area (Å²) in [6.07, 6.45) is 5.52. The van der Waals surface area contributed by atoms with Crippen LogP contribution >= 0.6 is 44.3 Å². The van der Waals surface area contributed by atoms with Gasteiger partial charge >= 0.3 is 0 Å². The van der Waals surface area contributed by atoms with Gasteiger partial charge in [0, 0.05) is 0 Å². The molecule has 0 spiro atoms. The van der Waals surface area contributed by atoms with Gasteiger partial charge in [0.1, 0.15) is 0 Å². The van der Waals surface area contributed by atoms with Crippen LogP contribution < -0.4 is 0 Å². The van der Waals surface area contributed by atoms with E-state index in [1.807, 2.05) is 6.55 Å². The molecule has 15 heavy (non-hydrogen) atoms. The number of allylic oxidation sites excluding steroid dienone is 1. The molecule has 0 N–H and O–H groups in total. The van der Waals surface area contributed by atoms with Crippen LogP contribution in [0.1, 0.15) is 26.2 Å². The Balaban J connectivity index is 0. The van der Waals surface area contributed by atoms with Crippen molar-refractivity contribution in [1.82, 2.24) is 0 Å². The Morgan fingerprint density at radius 3 is 2.00 bits per heavy atom. The molecule has 0 aliphatic heterocycles. The van der Waals surface area contributed by atoms with Crippen LogP contribution in [0, 0.1) is 0 Å². The molecule has 92 valence electrons. The van der Waals surface area contributed by atoms with Crippen LogP contribution in [0.5, 0.6) is 0 Å². The Morgan fingerprint density at radius 2 is 1.80 bits per heavy atom. The van der Waals surface area contributed by atoms with Gasteiger partial charge in [-0.05, 0) is 18.6 Å². The van der Waals surface area contributed by atoms with Crippen LogP contribution in [-0.2, 0) is 0 Å². The molecule has 0 saturated carbocycles. The lowest BCUT2D eigenvalue weighted by atomic mass is 10.3. The number of rotatable bonds is 6. The maximum Gasteiger partial charge on any atom is 0.252 e. The second-order valence-electron chi connectivity index (χ2n) is 3.45. The minimum atomic E-state index is -1.83. The average molecular weight is 326 g/mol. The van der Waals surface area contributed by atoms with E-state index >= 15 is 0 Å². The van der Waals surface area contributed by atoms with E-state index in [4.69, 9.17) is 44.3 Å². The van der Waals surface area contributed by atoms with E-state index in [0.29, 0.717) is 0 Å². The molecule has 0 nitrogen and oxygen atoms in total. The standard InChI is InChI=1S/C5H12Cl2Si.C4H8Cl2Si/c1-2-3-4-5-8(6)7;1-3-4-7(2,5)6/h8H,2-5H2,1H3;3H,1,4H2,2H3. The first kappa shape index (κ1) is 18.7. The van der Waals surface area contributed by atoms with Gasteiger partial charge in [0.15, 0.2) is 0 Å². The third-order valence-corrected chi connectivity index (χ3v) is 5.61. The van der Waals surface area contributed by atoms with E-state index in [1.165, 1.54) is 19.3 Å². The van der Waals surface area contributed by atoms with Gasteiger partial charge in [-0.25, -0.2) is 0 Å². The Morgan fingerprint density at radius 1 is 1.27 bits per heavy atom. The minimum absolute atomic E-state index is 0.774. The summed E-state index contributed by atoms with van der Waals surface area (Å²) in [7, 11) is -1.26. The van der Waals surface area contributed by atoms with Gasteiger partial charge in [-0.2, -0.15) is 22.2 Å². The summed E-state index contributed by atoms with van der Waals surface area (Å²) in [5.74, 6) is 0. The second-order valence-corrected chi connectivity index (χ2v) is 16.8. The number of hydrogen-bond acceptors (Lipinski definition) is 0. The lowest BCUT2D eigenvalue weighted by Gasteiger charge is -2.02. The van der Waals surface area contributed by atoms with E-state index in [2.05, 4.69) is 13.5 Å². The van der Waals surface area contributed by atoms with Crippen molar-refractivity contribution in [2.75, 3.05) is 0 Å². The largest absolute Gasteiger partial charge is 0.252 e. The van der Waals surface area contributed by atoms with Crippen molar-refractivity contribution in [3.8, 4) is 0 Å². The minimum Gasteiger partial charge on any atom is -0.150 e. The molecular weight excluding hydrogens is 306 g/mol. The van der Waals surface area contributed by atoms with Crippen molar-refractivity contribution in [1.29, 1.82) is 0 Å². The van der Waals surface area contributed by atoms with Gasteiger partial charge in [0.25, 0.3) is 6.69 Å². The molecule has 0 atom stereocenters. The smallest absolute Gasteiger partial charge is 0.150 e. The van der Waals surface area contributed by atoms with Crippen molar-refractivity contribution in [2.24, 2.45) is 0 Å². The fourth-order valence-corrected chi connectivity index (χ4v) is 3.49. The highest BCUT2D eigenvalue weighted by Crippen LogP contribution is 2.18. The van der Waals surface area contributed by atoms with Crippen LogP contribution in [0.15, 0.2) is 12.7 Å². The SMILES string of the molecule is C=CC[Si](C)(Cl)Cl.CCCCC[SiH](Cl)Cl. The van der Waals surface area contributed by atoms with Crippen LogP contribution in [0.3, 0.4) is 0 Å². The first-order valence-electron chi connectivity index (χ1n) is 5.10. The van der Waals surface area contributed by atoms with Crippen LogP contribution in [-0.4, -0.2) is 14.1 Å². The maximum atomic E-state index is 5.67. The summed E-state index contributed by atoms with van der Waals surface area (Å²) in [4.78, 5) is 0. The summed E-state index contributed by atoms with van der Waals surface area (Å²) in [6, 6.07) is 1.85. The molecule has 0 aromatic rings. The molecule has 0 heterocycles. The molecule has 0 aromatic heterocycles. The van der Waals surface area contributed by atoms with Gasteiger partial charge in [-0.1, -0.05) is 32.3 Å². The fourth-order valence-electron chi connectivity index (χ4n) is 0.802. The zero-order valence-corrected chi connectivity index (χ0v) is 14.6. The van der Waals surface area contributed by atoms with Crippen molar-refractivity contribution >= 4 is 58.4 Å². The van der Waals surface area contributed by atoms with Crippen molar-refractivity contribution in [3.63, 3.8) is 0 Å². The van der Waals surface area contributed by atoms with Gasteiger partial charge in [-0.3, -0.25) is 0 Å². The Hall–Kier alpha value is 1.33. The van der Waals surface area contributed by atoms with Gasteiger partial charge in [0.05, 0.1) is 0 Å². The first-order chi connectivity index (χ1) is 6.83. The predicted molar refractivity (Wildman–Crippen MR) is 81.5 cm³/mol. The molecule has 0 amide bonds. The monoisotopic (exact) mass is 324 g/mol. The molecule has 0 unspecified atom stereocenters. The van der Waals surface area contributed by atoms with Crippen molar-refractivity contribution < 1.29 is 0 Å². The molecule has 0 saturated heterocycles. The molecule has 6 heteroatoms. The zero-order valence-electron chi connectivity index (χ0n) is 9.41. The lowest BCUT2D eigenvalue weighted by molar-refractivity contribution is 0.769. The Labute approximate surface area is 115 Å². The summed E-state index contributed by atoms with van der Waals surface area (Å²) >= 11 is 22.6. The second kappa shape index (κ2) is 11.8. The summed E-state index contributed by atoms with van der Waals surface area (Å²) < 4.78 is 0. The first-order valence-corrected chi connectivity index (χ1v) is 14.1. The number of halogens is 4. The molecule has 0 aliphatic carbocycles. The molecule has 0 bridgehead atoms. The Bertz CT molecular complexity index is 146. The van der Waals surface area contributed by atoms with Crippen molar-refractivity contribution in [3.05, 3.63) is 12.7 Å². The van der Waals surface area contributed by atoms with Gasteiger partial charge in [0.2, 0.25) is 7.42 Å². The third-order valence-electron chi connectivity index (χ3n) is 1.53. The normalized spacial score (nSPS) is 10.9. The van der Waals surface area contributed by atoms with E-state index < -0.39 is 14.1 Å². The van der Waals surface area contributed by atoms with Crippen LogP contribution in [0.2, 0.25) is 18.6 Å².